The van der Waals surface area contributed by atoms with Crippen molar-refractivity contribution in [1.29, 1.82) is 0 Å². The number of aryl methyl sites for hydroxylation is 1. The molecule has 1 N–H and O–H groups in total. The predicted molar refractivity (Wildman–Crippen MR) is 101 cm³/mol. The molecular weight excluding hydrogens is 359 g/mol. The third-order valence-electron chi connectivity index (χ3n) is 4.57. The van der Waals surface area contributed by atoms with E-state index in [-0.39, 0.29) is 12.4 Å². The summed E-state index contributed by atoms with van der Waals surface area (Å²) in [5.74, 6) is -0.364. The minimum atomic E-state index is -0.364. The molecule has 0 aromatic carbocycles. The van der Waals surface area contributed by atoms with Crippen molar-refractivity contribution in [2.24, 2.45) is 7.05 Å². The summed E-state index contributed by atoms with van der Waals surface area (Å²) in [4.78, 5) is 11.4. The van der Waals surface area contributed by atoms with E-state index in [2.05, 4.69) is 30.4 Å². The molecule has 0 unspecified atom stereocenters. The van der Waals surface area contributed by atoms with Gasteiger partial charge in [-0.2, -0.15) is 5.10 Å². The zero-order valence-corrected chi connectivity index (χ0v) is 14.9. The molecule has 0 aliphatic carbocycles. The SMILES string of the molecule is Cn1cc(-c2cnc3[nH]cc(-c4cn(Cc5ccncc5F)nn4)c3c2)cn1. The Morgan fingerprint density at radius 2 is 2.07 bits per heavy atom. The maximum atomic E-state index is 13.8. The number of hydrogen-bond donors (Lipinski definition) is 1. The number of fused-ring (bicyclic) bond motifs is 1. The molecule has 0 amide bonds. The average molecular weight is 374 g/mol. The molecule has 138 valence electrons. The van der Waals surface area contributed by atoms with Gasteiger partial charge in [-0.1, -0.05) is 5.21 Å². The van der Waals surface area contributed by atoms with Crippen LogP contribution in [-0.2, 0) is 13.6 Å². The van der Waals surface area contributed by atoms with Crippen LogP contribution < -0.4 is 0 Å². The molecule has 0 fully saturated rings. The third kappa shape index (κ3) is 2.82. The highest BCUT2D eigenvalue weighted by molar-refractivity contribution is 5.94. The van der Waals surface area contributed by atoms with Crippen LogP contribution in [0.1, 0.15) is 5.56 Å². The fourth-order valence-electron chi connectivity index (χ4n) is 3.15. The van der Waals surface area contributed by atoms with Gasteiger partial charge in [-0.05, 0) is 12.1 Å². The molecule has 0 aliphatic rings. The second-order valence-corrected chi connectivity index (χ2v) is 6.49. The molecule has 0 bridgehead atoms. The summed E-state index contributed by atoms with van der Waals surface area (Å²) in [7, 11) is 1.88. The van der Waals surface area contributed by atoms with Gasteiger partial charge in [0, 0.05) is 59.5 Å². The van der Waals surface area contributed by atoms with Crippen LogP contribution in [0.2, 0.25) is 0 Å². The quantitative estimate of drug-likeness (QED) is 0.522. The van der Waals surface area contributed by atoms with Crippen molar-refractivity contribution >= 4 is 11.0 Å². The van der Waals surface area contributed by atoms with Crippen LogP contribution in [0.15, 0.2) is 55.5 Å². The third-order valence-corrected chi connectivity index (χ3v) is 4.57. The van der Waals surface area contributed by atoms with Crippen LogP contribution >= 0.6 is 0 Å². The van der Waals surface area contributed by atoms with Gasteiger partial charge in [0.05, 0.1) is 25.1 Å². The lowest BCUT2D eigenvalue weighted by Crippen LogP contribution is -2.02. The van der Waals surface area contributed by atoms with Crippen molar-refractivity contribution < 1.29 is 4.39 Å². The topological polar surface area (TPSA) is 90.1 Å². The average Bonchev–Trinajstić information content (AvgIpc) is 3.42. The fourth-order valence-corrected chi connectivity index (χ4v) is 3.15. The second-order valence-electron chi connectivity index (χ2n) is 6.49. The Balaban J connectivity index is 1.51. The number of rotatable bonds is 4. The summed E-state index contributed by atoms with van der Waals surface area (Å²) >= 11 is 0. The molecule has 0 atom stereocenters. The number of aromatic nitrogens is 8. The van der Waals surface area contributed by atoms with Crippen LogP contribution in [0.4, 0.5) is 4.39 Å². The second kappa shape index (κ2) is 6.38. The molecule has 5 heterocycles. The first-order valence-electron chi connectivity index (χ1n) is 8.62. The number of nitrogens with one attached hydrogen (secondary N) is 1. The molecule has 0 saturated heterocycles. The van der Waals surface area contributed by atoms with Crippen LogP contribution in [0.25, 0.3) is 33.4 Å². The van der Waals surface area contributed by atoms with Gasteiger partial charge >= 0.3 is 0 Å². The summed E-state index contributed by atoms with van der Waals surface area (Å²) in [5.41, 5.74) is 4.79. The Morgan fingerprint density at radius 3 is 2.89 bits per heavy atom. The van der Waals surface area contributed by atoms with Crippen LogP contribution in [-0.4, -0.2) is 39.7 Å². The Labute approximate surface area is 158 Å². The zero-order valence-electron chi connectivity index (χ0n) is 14.9. The molecule has 0 radical (unpaired) electrons. The maximum Gasteiger partial charge on any atom is 0.146 e. The number of aromatic amines is 1. The minimum Gasteiger partial charge on any atom is -0.345 e. The van der Waals surface area contributed by atoms with Crippen molar-refractivity contribution in [2.75, 3.05) is 0 Å². The van der Waals surface area contributed by atoms with Gasteiger partial charge in [-0.15, -0.1) is 5.10 Å². The van der Waals surface area contributed by atoms with Gasteiger partial charge < -0.3 is 4.98 Å². The Kier molecular flexibility index (Phi) is 3.71. The van der Waals surface area contributed by atoms with E-state index in [1.165, 1.54) is 6.20 Å². The van der Waals surface area contributed by atoms with Gasteiger partial charge in [0.25, 0.3) is 0 Å². The lowest BCUT2D eigenvalue weighted by Gasteiger charge is -2.01. The Hall–Kier alpha value is -3.88. The highest BCUT2D eigenvalue weighted by Gasteiger charge is 2.13. The normalized spacial score (nSPS) is 11.4. The predicted octanol–water partition coefficient (Wildman–Crippen LogP) is 2.80. The maximum absolute atomic E-state index is 13.8. The number of pyridine rings is 2. The smallest absolute Gasteiger partial charge is 0.146 e. The molecule has 5 rings (SSSR count). The highest BCUT2D eigenvalue weighted by Crippen LogP contribution is 2.29. The first-order chi connectivity index (χ1) is 13.7. The monoisotopic (exact) mass is 374 g/mol. The van der Waals surface area contributed by atoms with Gasteiger partial charge in [0.1, 0.15) is 17.2 Å². The van der Waals surface area contributed by atoms with Gasteiger partial charge in [0.15, 0.2) is 0 Å². The molecule has 5 aromatic heterocycles. The molecule has 9 heteroatoms. The Bertz CT molecular complexity index is 1280. The van der Waals surface area contributed by atoms with E-state index in [0.717, 1.165) is 27.7 Å². The van der Waals surface area contributed by atoms with Crippen molar-refractivity contribution in [3.8, 4) is 22.4 Å². The molecule has 0 spiro atoms. The van der Waals surface area contributed by atoms with Crippen LogP contribution in [0.5, 0.6) is 0 Å². The lowest BCUT2D eigenvalue weighted by atomic mass is 10.1. The van der Waals surface area contributed by atoms with E-state index in [0.29, 0.717) is 11.3 Å². The molecular formula is C19H15FN8. The molecule has 5 aromatic rings. The van der Waals surface area contributed by atoms with Crippen molar-refractivity contribution in [3.05, 3.63) is 66.9 Å². The van der Waals surface area contributed by atoms with Gasteiger partial charge in [-0.3, -0.25) is 9.67 Å². The van der Waals surface area contributed by atoms with Crippen LogP contribution in [0, 0.1) is 5.82 Å². The summed E-state index contributed by atoms with van der Waals surface area (Å²) in [6, 6.07) is 3.68. The zero-order chi connectivity index (χ0) is 19.1. The van der Waals surface area contributed by atoms with E-state index in [9.17, 15) is 4.39 Å². The number of nitrogens with zero attached hydrogens (tertiary/aromatic N) is 7. The first-order valence-corrected chi connectivity index (χ1v) is 8.62. The number of hydrogen-bond acceptors (Lipinski definition) is 5. The van der Waals surface area contributed by atoms with Crippen LogP contribution in [0.3, 0.4) is 0 Å². The number of halogens is 1. The highest BCUT2D eigenvalue weighted by atomic mass is 19.1. The standard InChI is InChI=1S/C19H15FN8/c1-27-9-14(6-24-27)13-4-15-16(7-23-19(15)22-5-13)18-11-28(26-25-18)10-12-2-3-21-8-17(12)20/h2-9,11H,10H2,1H3,(H,22,23). The van der Waals surface area contributed by atoms with Crippen molar-refractivity contribution in [1.82, 2.24) is 39.7 Å². The Morgan fingerprint density at radius 1 is 1.14 bits per heavy atom. The van der Waals surface area contributed by atoms with E-state index < -0.39 is 0 Å². The first kappa shape index (κ1) is 16.3. The summed E-state index contributed by atoms with van der Waals surface area (Å²) in [6.45, 7) is 0.281. The van der Waals surface area contributed by atoms with Gasteiger partial charge in [0.2, 0.25) is 0 Å². The molecule has 8 nitrogen and oxygen atoms in total. The van der Waals surface area contributed by atoms with E-state index in [1.807, 2.05) is 31.7 Å². The largest absolute Gasteiger partial charge is 0.345 e. The van der Waals surface area contributed by atoms with Crippen molar-refractivity contribution in [3.63, 3.8) is 0 Å². The summed E-state index contributed by atoms with van der Waals surface area (Å²) in [5, 5.41) is 13.5. The molecule has 0 aliphatic heterocycles. The van der Waals surface area contributed by atoms with Crippen molar-refractivity contribution in [2.45, 2.75) is 6.54 Å². The fraction of sp³-hybridized carbons (Fsp3) is 0.105. The summed E-state index contributed by atoms with van der Waals surface area (Å²) < 4.78 is 17.2. The molecule has 28 heavy (non-hydrogen) atoms. The minimum absolute atomic E-state index is 0.281. The lowest BCUT2D eigenvalue weighted by molar-refractivity contribution is 0.572. The van der Waals surface area contributed by atoms with E-state index in [4.69, 9.17) is 0 Å². The summed E-state index contributed by atoms with van der Waals surface area (Å²) in [6.07, 6.45) is 11.9. The molecule has 0 saturated carbocycles. The van der Waals surface area contributed by atoms with E-state index >= 15 is 0 Å². The van der Waals surface area contributed by atoms with Gasteiger partial charge in [-0.25, -0.2) is 14.1 Å². The number of H-pyrrole nitrogens is 1. The van der Waals surface area contributed by atoms with E-state index in [1.54, 1.807) is 34.0 Å².